The Hall–Kier alpha value is -0.280. The van der Waals surface area contributed by atoms with Gasteiger partial charge in [0.1, 0.15) is 6.61 Å². The molecule has 0 spiro atoms. The smallest absolute Gasteiger partial charge is 0.248 e. The summed E-state index contributed by atoms with van der Waals surface area (Å²) in [5.41, 5.74) is 0. The second-order valence-electron chi connectivity index (χ2n) is 4.38. The van der Waals surface area contributed by atoms with Gasteiger partial charge in [0, 0.05) is 25.6 Å². The van der Waals surface area contributed by atoms with Gasteiger partial charge in [-0.15, -0.1) is 11.6 Å². The molecule has 16 heavy (non-hydrogen) atoms. The average Bonchev–Trinajstić information content (AvgIpc) is 2.30. The molecule has 1 heterocycles. The number of hydrogen-bond donors (Lipinski definition) is 0. The maximum atomic E-state index is 11.8. The molecule has 0 bridgehead atoms. The monoisotopic (exact) mass is 247 g/mol. The minimum atomic E-state index is 0.132. The van der Waals surface area contributed by atoms with E-state index < -0.39 is 0 Å². The second kappa shape index (κ2) is 7.91. The topological polar surface area (TPSA) is 29.5 Å². The number of carbonyl (C=O) groups is 1. The van der Waals surface area contributed by atoms with Crippen LogP contribution in [0.5, 0.6) is 0 Å². The molecule has 1 saturated heterocycles. The van der Waals surface area contributed by atoms with Crippen molar-refractivity contribution in [2.75, 3.05) is 32.2 Å². The van der Waals surface area contributed by atoms with E-state index in [9.17, 15) is 4.79 Å². The minimum absolute atomic E-state index is 0.132. The summed E-state index contributed by atoms with van der Waals surface area (Å²) in [4.78, 5) is 13.7. The van der Waals surface area contributed by atoms with Crippen LogP contribution < -0.4 is 0 Å². The van der Waals surface area contributed by atoms with E-state index in [1.807, 2.05) is 11.8 Å². The van der Waals surface area contributed by atoms with Gasteiger partial charge < -0.3 is 9.64 Å². The first-order chi connectivity index (χ1) is 7.77. The van der Waals surface area contributed by atoms with Crippen molar-refractivity contribution in [3.8, 4) is 0 Å². The van der Waals surface area contributed by atoms with Gasteiger partial charge in [0.15, 0.2) is 0 Å². The first-order valence-electron chi connectivity index (χ1n) is 6.19. The van der Waals surface area contributed by atoms with E-state index >= 15 is 0 Å². The van der Waals surface area contributed by atoms with Crippen LogP contribution >= 0.6 is 11.6 Å². The van der Waals surface area contributed by atoms with Gasteiger partial charge >= 0.3 is 0 Å². The quantitative estimate of drug-likeness (QED) is 0.532. The molecule has 1 aliphatic rings. The zero-order valence-corrected chi connectivity index (χ0v) is 10.8. The molecule has 1 amide bonds. The number of nitrogens with zero attached hydrogens (tertiary/aromatic N) is 1. The van der Waals surface area contributed by atoms with Gasteiger partial charge in [-0.3, -0.25) is 4.79 Å². The van der Waals surface area contributed by atoms with Gasteiger partial charge in [0.05, 0.1) is 0 Å². The maximum Gasteiger partial charge on any atom is 0.248 e. The van der Waals surface area contributed by atoms with E-state index in [4.69, 9.17) is 16.3 Å². The van der Waals surface area contributed by atoms with Crippen molar-refractivity contribution in [1.82, 2.24) is 4.90 Å². The standard InChI is InChI=1S/C12H22ClNO2/c1-2-8-16-10-12(15)14-7-3-4-11(9-14)5-6-13/h11H,2-10H2,1H3. The summed E-state index contributed by atoms with van der Waals surface area (Å²) in [5, 5.41) is 0. The molecule has 0 saturated carbocycles. The molecule has 4 heteroatoms. The molecule has 0 aromatic carbocycles. The third kappa shape index (κ3) is 4.71. The van der Waals surface area contributed by atoms with Crippen LogP contribution in [0.4, 0.5) is 0 Å². The molecule has 94 valence electrons. The largest absolute Gasteiger partial charge is 0.372 e. The molecular weight excluding hydrogens is 226 g/mol. The van der Waals surface area contributed by atoms with Gasteiger partial charge in [0.2, 0.25) is 5.91 Å². The third-order valence-electron chi connectivity index (χ3n) is 2.96. The van der Waals surface area contributed by atoms with Crippen molar-refractivity contribution >= 4 is 17.5 Å². The fourth-order valence-electron chi connectivity index (χ4n) is 2.08. The highest BCUT2D eigenvalue weighted by molar-refractivity contribution is 6.17. The molecule has 3 nitrogen and oxygen atoms in total. The highest BCUT2D eigenvalue weighted by Crippen LogP contribution is 2.20. The maximum absolute atomic E-state index is 11.8. The zero-order valence-electron chi connectivity index (χ0n) is 10.1. The Balaban J connectivity index is 2.26. The molecule has 1 fully saturated rings. The van der Waals surface area contributed by atoms with Crippen molar-refractivity contribution in [2.24, 2.45) is 5.92 Å². The van der Waals surface area contributed by atoms with Crippen molar-refractivity contribution in [1.29, 1.82) is 0 Å². The molecule has 0 aromatic rings. The Kier molecular flexibility index (Phi) is 6.81. The van der Waals surface area contributed by atoms with Crippen molar-refractivity contribution in [3.05, 3.63) is 0 Å². The summed E-state index contributed by atoms with van der Waals surface area (Å²) in [6.45, 7) is 4.70. The lowest BCUT2D eigenvalue weighted by atomic mass is 9.95. The lowest BCUT2D eigenvalue weighted by molar-refractivity contribution is -0.138. The lowest BCUT2D eigenvalue weighted by Crippen LogP contribution is -2.41. The number of piperidine rings is 1. The molecule has 1 atom stereocenters. The number of likely N-dealkylation sites (tertiary alicyclic amines) is 1. The Bertz CT molecular complexity index is 209. The fraction of sp³-hybridized carbons (Fsp3) is 0.917. The van der Waals surface area contributed by atoms with Gasteiger partial charge in [-0.05, 0) is 31.6 Å². The molecule has 1 unspecified atom stereocenters. The molecule has 0 radical (unpaired) electrons. The first kappa shape index (κ1) is 13.8. The summed E-state index contributed by atoms with van der Waals surface area (Å²) < 4.78 is 5.28. The Morgan fingerprint density at radius 2 is 2.38 bits per heavy atom. The van der Waals surface area contributed by atoms with Gasteiger partial charge in [0.25, 0.3) is 0 Å². The van der Waals surface area contributed by atoms with Crippen molar-refractivity contribution < 1.29 is 9.53 Å². The average molecular weight is 248 g/mol. The molecule has 0 aliphatic carbocycles. The van der Waals surface area contributed by atoms with Crippen molar-refractivity contribution in [2.45, 2.75) is 32.6 Å². The van der Waals surface area contributed by atoms with Crippen LogP contribution in [-0.2, 0) is 9.53 Å². The van der Waals surface area contributed by atoms with E-state index in [2.05, 4.69) is 0 Å². The third-order valence-corrected chi connectivity index (χ3v) is 3.18. The summed E-state index contributed by atoms with van der Waals surface area (Å²) in [7, 11) is 0. The normalized spacial score (nSPS) is 21.1. The summed E-state index contributed by atoms with van der Waals surface area (Å²) in [6.07, 6.45) is 4.27. The van der Waals surface area contributed by atoms with Crippen LogP contribution in [0.1, 0.15) is 32.6 Å². The molecule has 1 rings (SSSR count). The van der Waals surface area contributed by atoms with Crippen LogP contribution in [0.15, 0.2) is 0 Å². The van der Waals surface area contributed by atoms with Gasteiger partial charge in [-0.2, -0.15) is 0 Å². The van der Waals surface area contributed by atoms with E-state index in [0.29, 0.717) is 18.4 Å². The lowest BCUT2D eigenvalue weighted by Gasteiger charge is -2.32. The van der Waals surface area contributed by atoms with E-state index in [1.54, 1.807) is 0 Å². The predicted molar refractivity (Wildman–Crippen MR) is 65.8 cm³/mol. The second-order valence-corrected chi connectivity index (χ2v) is 4.76. The van der Waals surface area contributed by atoms with Gasteiger partial charge in [-0.1, -0.05) is 6.92 Å². The predicted octanol–water partition coefficient (Wildman–Crippen LogP) is 2.28. The Morgan fingerprint density at radius 3 is 3.06 bits per heavy atom. The van der Waals surface area contributed by atoms with Crippen LogP contribution in [0.25, 0.3) is 0 Å². The number of alkyl halides is 1. The number of carbonyl (C=O) groups excluding carboxylic acids is 1. The number of ether oxygens (including phenoxy) is 1. The highest BCUT2D eigenvalue weighted by Gasteiger charge is 2.22. The number of halogens is 1. The summed E-state index contributed by atoms with van der Waals surface area (Å²) in [6, 6.07) is 0. The molecule has 1 aliphatic heterocycles. The fourth-order valence-corrected chi connectivity index (χ4v) is 2.39. The highest BCUT2D eigenvalue weighted by atomic mass is 35.5. The SMILES string of the molecule is CCCOCC(=O)N1CCCC(CCCl)C1. The van der Waals surface area contributed by atoms with E-state index in [-0.39, 0.29) is 12.5 Å². The number of hydrogen-bond acceptors (Lipinski definition) is 2. The van der Waals surface area contributed by atoms with Crippen LogP contribution in [0.2, 0.25) is 0 Å². The van der Waals surface area contributed by atoms with Crippen molar-refractivity contribution in [3.63, 3.8) is 0 Å². The Labute approximate surface area is 103 Å². The number of amides is 1. The first-order valence-corrected chi connectivity index (χ1v) is 6.72. The molecule has 0 N–H and O–H groups in total. The summed E-state index contributed by atoms with van der Waals surface area (Å²) in [5.74, 6) is 1.41. The molecule has 0 aromatic heterocycles. The number of rotatable bonds is 6. The van der Waals surface area contributed by atoms with Crippen LogP contribution in [0, 0.1) is 5.92 Å². The zero-order chi connectivity index (χ0) is 11.8. The Morgan fingerprint density at radius 1 is 1.56 bits per heavy atom. The minimum Gasteiger partial charge on any atom is -0.372 e. The van der Waals surface area contributed by atoms with E-state index in [0.717, 1.165) is 32.4 Å². The van der Waals surface area contributed by atoms with E-state index in [1.165, 1.54) is 6.42 Å². The summed E-state index contributed by atoms with van der Waals surface area (Å²) >= 11 is 5.74. The van der Waals surface area contributed by atoms with Crippen LogP contribution in [-0.4, -0.2) is 43.0 Å². The van der Waals surface area contributed by atoms with Gasteiger partial charge in [-0.25, -0.2) is 0 Å². The molecular formula is C12H22ClNO2. The van der Waals surface area contributed by atoms with Crippen LogP contribution in [0.3, 0.4) is 0 Å².